The van der Waals surface area contributed by atoms with Gasteiger partial charge in [0.2, 0.25) is 0 Å². The molecular weight excluding hydrogens is 272 g/mol. The minimum atomic E-state index is 0.307. The maximum atomic E-state index is 6.19. The quantitative estimate of drug-likeness (QED) is 0.927. The summed E-state index contributed by atoms with van der Waals surface area (Å²) in [5.74, 6) is 0. The molecule has 0 spiro atoms. The van der Waals surface area contributed by atoms with E-state index < -0.39 is 0 Å². The molecule has 2 heterocycles. The highest BCUT2D eigenvalue weighted by atomic mass is 79.9. The minimum absolute atomic E-state index is 0.307. The molecule has 0 aromatic carbocycles. The maximum Gasteiger partial charge on any atom is 0.0594 e. The summed E-state index contributed by atoms with van der Waals surface area (Å²) in [5, 5.41) is 2.14. The Bertz CT molecular complexity index is 324. The van der Waals surface area contributed by atoms with Crippen molar-refractivity contribution >= 4 is 27.3 Å². The maximum absolute atomic E-state index is 6.19. The number of hydrogen-bond acceptors (Lipinski definition) is 3. The molecule has 15 heavy (non-hydrogen) atoms. The average molecular weight is 289 g/mol. The van der Waals surface area contributed by atoms with Gasteiger partial charge in [0.1, 0.15) is 0 Å². The Kier molecular flexibility index (Phi) is 3.83. The predicted molar refractivity (Wildman–Crippen MR) is 69.2 cm³/mol. The van der Waals surface area contributed by atoms with Crippen LogP contribution < -0.4 is 5.73 Å². The summed E-state index contributed by atoms with van der Waals surface area (Å²) in [7, 11) is 0. The third kappa shape index (κ3) is 2.44. The van der Waals surface area contributed by atoms with E-state index in [0.29, 0.717) is 12.1 Å². The van der Waals surface area contributed by atoms with Crippen molar-refractivity contribution in [1.82, 2.24) is 4.90 Å². The van der Waals surface area contributed by atoms with Crippen LogP contribution in [-0.4, -0.2) is 24.0 Å². The zero-order valence-corrected chi connectivity index (χ0v) is 11.4. The van der Waals surface area contributed by atoms with Gasteiger partial charge in [0, 0.05) is 27.3 Å². The number of halogens is 1. The number of nitrogens with two attached hydrogens (primary N) is 1. The summed E-state index contributed by atoms with van der Waals surface area (Å²) in [6, 6.07) is 2.96. The Morgan fingerprint density at radius 3 is 3.07 bits per heavy atom. The molecule has 1 saturated heterocycles. The summed E-state index contributed by atoms with van der Waals surface area (Å²) in [4.78, 5) is 3.92. The van der Waals surface area contributed by atoms with Crippen LogP contribution in [0.3, 0.4) is 0 Å². The van der Waals surface area contributed by atoms with Crippen molar-refractivity contribution in [3.63, 3.8) is 0 Å². The van der Waals surface area contributed by atoms with Gasteiger partial charge in [0.25, 0.3) is 0 Å². The molecule has 0 aliphatic carbocycles. The summed E-state index contributed by atoms with van der Waals surface area (Å²) < 4.78 is 1.18. The lowest BCUT2D eigenvalue weighted by atomic mass is 10.1. The molecule has 2 unspecified atom stereocenters. The first kappa shape index (κ1) is 11.6. The van der Waals surface area contributed by atoms with Crippen molar-refractivity contribution in [1.29, 1.82) is 0 Å². The van der Waals surface area contributed by atoms with Crippen LogP contribution in [0.2, 0.25) is 0 Å². The van der Waals surface area contributed by atoms with E-state index in [9.17, 15) is 0 Å². The molecule has 2 N–H and O–H groups in total. The topological polar surface area (TPSA) is 29.3 Å². The van der Waals surface area contributed by atoms with E-state index in [1.165, 1.54) is 15.8 Å². The van der Waals surface area contributed by atoms with Gasteiger partial charge in [-0.15, -0.1) is 11.3 Å². The summed E-state index contributed by atoms with van der Waals surface area (Å²) in [6.45, 7) is 4.54. The van der Waals surface area contributed by atoms with Crippen LogP contribution in [0.4, 0.5) is 0 Å². The fraction of sp³-hybridized carbons (Fsp3) is 0.636. The van der Waals surface area contributed by atoms with Gasteiger partial charge in [0.05, 0.1) is 6.04 Å². The molecular formula is C11H17BrN2S. The van der Waals surface area contributed by atoms with E-state index in [0.717, 1.165) is 19.5 Å². The van der Waals surface area contributed by atoms with Crippen LogP contribution in [0, 0.1) is 0 Å². The number of nitrogens with zero attached hydrogens (tertiary/aromatic N) is 1. The molecule has 1 aliphatic heterocycles. The normalized spacial score (nSPS) is 27.4. The second-order valence-electron chi connectivity index (χ2n) is 4.10. The van der Waals surface area contributed by atoms with Crippen molar-refractivity contribution < 1.29 is 0 Å². The molecule has 2 nitrogen and oxygen atoms in total. The third-order valence-corrected chi connectivity index (χ3v) is 4.70. The van der Waals surface area contributed by atoms with Crippen molar-refractivity contribution in [3.05, 3.63) is 20.8 Å². The second kappa shape index (κ2) is 4.95. The SMILES string of the molecule is CCCN1CCC(N)C1c1cc(Br)cs1. The zero-order valence-electron chi connectivity index (χ0n) is 8.95. The molecule has 84 valence electrons. The van der Waals surface area contributed by atoms with Crippen LogP contribution in [0.25, 0.3) is 0 Å². The number of thiophene rings is 1. The molecule has 4 heteroatoms. The van der Waals surface area contributed by atoms with Crippen molar-refractivity contribution in [2.45, 2.75) is 31.8 Å². The van der Waals surface area contributed by atoms with Crippen LogP contribution in [0.15, 0.2) is 15.9 Å². The highest BCUT2D eigenvalue weighted by molar-refractivity contribution is 9.10. The lowest BCUT2D eigenvalue weighted by molar-refractivity contribution is 0.251. The zero-order chi connectivity index (χ0) is 10.8. The number of likely N-dealkylation sites (tertiary alicyclic amines) is 1. The molecule has 2 rings (SSSR count). The summed E-state index contributed by atoms with van der Waals surface area (Å²) >= 11 is 5.32. The molecule has 1 aromatic rings. The van der Waals surface area contributed by atoms with E-state index in [1.807, 2.05) is 11.3 Å². The molecule has 1 fully saturated rings. The molecule has 0 amide bonds. The molecule has 2 atom stereocenters. The molecule has 1 aliphatic rings. The monoisotopic (exact) mass is 288 g/mol. The van der Waals surface area contributed by atoms with Crippen LogP contribution in [0.5, 0.6) is 0 Å². The predicted octanol–water partition coefficient (Wildman–Crippen LogP) is 2.99. The Balaban J connectivity index is 2.17. The summed E-state index contributed by atoms with van der Waals surface area (Å²) in [6.07, 6.45) is 2.33. The lowest BCUT2D eigenvalue weighted by Gasteiger charge is -2.25. The van der Waals surface area contributed by atoms with Gasteiger partial charge >= 0.3 is 0 Å². The Hall–Kier alpha value is 0.1000. The largest absolute Gasteiger partial charge is 0.326 e. The van der Waals surface area contributed by atoms with Gasteiger partial charge in [-0.3, -0.25) is 4.90 Å². The van der Waals surface area contributed by atoms with E-state index in [1.54, 1.807) is 0 Å². The van der Waals surface area contributed by atoms with Crippen LogP contribution in [0.1, 0.15) is 30.7 Å². The van der Waals surface area contributed by atoms with E-state index in [4.69, 9.17) is 5.73 Å². The molecule has 0 bridgehead atoms. The van der Waals surface area contributed by atoms with Gasteiger partial charge < -0.3 is 5.73 Å². The highest BCUT2D eigenvalue weighted by Crippen LogP contribution is 2.35. The van der Waals surface area contributed by atoms with Gasteiger partial charge in [-0.1, -0.05) is 6.92 Å². The van der Waals surface area contributed by atoms with E-state index in [-0.39, 0.29) is 0 Å². The van der Waals surface area contributed by atoms with Crippen LogP contribution in [-0.2, 0) is 0 Å². The van der Waals surface area contributed by atoms with Crippen molar-refractivity contribution in [3.8, 4) is 0 Å². The highest BCUT2D eigenvalue weighted by Gasteiger charge is 2.32. The van der Waals surface area contributed by atoms with E-state index in [2.05, 4.69) is 39.2 Å². The molecule has 1 aromatic heterocycles. The standard InChI is InChI=1S/C11H17BrN2S/c1-2-4-14-5-3-9(13)11(14)10-6-8(12)7-15-10/h6-7,9,11H,2-5,13H2,1H3. The Labute approximate surface area is 104 Å². The smallest absolute Gasteiger partial charge is 0.0594 e. The van der Waals surface area contributed by atoms with Crippen molar-refractivity contribution in [2.75, 3.05) is 13.1 Å². The fourth-order valence-corrected chi connectivity index (χ4v) is 3.95. The first-order valence-corrected chi connectivity index (χ1v) is 7.13. The first-order chi connectivity index (χ1) is 7.22. The second-order valence-corrected chi connectivity index (χ2v) is 5.96. The number of rotatable bonds is 3. The fourth-order valence-electron chi connectivity index (χ4n) is 2.30. The molecule has 0 saturated carbocycles. The lowest BCUT2D eigenvalue weighted by Crippen LogP contribution is -2.31. The van der Waals surface area contributed by atoms with Gasteiger partial charge in [-0.25, -0.2) is 0 Å². The van der Waals surface area contributed by atoms with Crippen LogP contribution >= 0.6 is 27.3 Å². The Morgan fingerprint density at radius 2 is 2.47 bits per heavy atom. The number of hydrogen-bond donors (Lipinski definition) is 1. The average Bonchev–Trinajstić information content (AvgIpc) is 2.74. The summed E-state index contributed by atoms with van der Waals surface area (Å²) in [5.41, 5.74) is 6.19. The Morgan fingerprint density at radius 1 is 1.67 bits per heavy atom. The van der Waals surface area contributed by atoms with Gasteiger partial charge in [0.15, 0.2) is 0 Å². The van der Waals surface area contributed by atoms with Gasteiger partial charge in [-0.2, -0.15) is 0 Å². The molecule has 0 radical (unpaired) electrons. The van der Waals surface area contributed by atoms with Gasteiger partial charge in [-0.05, 0) is 41.4 Å². The third-order valence-electron chi connectivity index (χ3n) is 2.94. The van der Waals surface area contributed by atoms with Crippen molar-refractivity contribution in [2.24, 2.45) is 5.73 Å². The first-order valence-electron chi connectivity index (χ1n) is 5.46. The van der Waals surface area contributed by atoms with E-state index >= 15 is 0 Å². The minimum Gasteiger partial charge on any atom is -0.326 e.